The zero-order valence-electron chi connectivity index (χ0n) is 12.5. The smallest absolute Gasteiger partial charge is 0.227 e. The van der Waals surface area contributed by atoms with Gasteiger partial charge in [-0.05, 0) is 24.3 Å². The average molecular weight is 330 g/mol. The van der Waals surface area contributed by atoms with Crippen LogP contribution in [0.15, 0.2) is 59.5 Å². The van der Waals surface area contributed by atoms with E-state index in [1.165, 1.54) is 11.8 Å². The summed E-state index contributed by atoms with van der Waals surface area (Å²) >= 11 is 1.30. The molecule has 0 aliphatic carbocycles. The van der Waals surface area contributed by atoms with Gasteiger partial charge in [0.05, 0.1) is 24.5 Å². The van der Waals surface area contributed by atoms with Crippen LogP contribution >= 0.6 is 11.8 Å². The van der Waals surface area contributed by atoms with E-state index in [0.717, 1.165) is 10.6 Å². The van der Waals surface area contributed by atoms with Crippen LogP contribution in [-0.4, -0.2) is 24.2 Å². The molecule has 0 atom stereocenters. The lowest BCUT2D eigenvalue weighted by Gasteiger charge is -2.10. The molecule has 0 aromatic heterocycles. The standard InChI is InChI=1S/C17H18N2O3S/c18-16(20)12-23-15-9-5-4-8-14(15)19-17(21)10-11-22-13-6-2-1-3-7-13/h1-9H,10-12H2,(H2,18,20)(H,19,21). The van der Waals surface area contributed by atoms with Gasteiger partial charge in [0, 0.05) is 4.90 Å². The van der Waals surface area contributed by atoms with Crippen LogP contribution in [0, 0.1) is 0 Å². The second-order valence-corrected chi connectivity index (χ2v) is 5.73. The number of amides is 2. The molecule has 0 unspecified atom stereocenters. The third kappa shape index (κ3) is 6.04. The lowest BCUT2D eigenvalue weighted by atomic mass is 10.3. The number of anilines is 1. The number of carbonyl (C=O) groups is 2. The predicted molar refractivity (Wildman–Crippen MR) is 91.5 cm³/mol. The largest absolute Gasteiger partial charge is 0.493 e. The minimum Gasteiger partial charge on any atom is -0.493 e. The summed E-state index contributed by atoms with van der Waals surface area (Å²) in [5.74, 6) is 0.363. The van der Waals surface area contributed by atoms with E-state index in [1.54, 1.807) is 6.07 Å². The van der Waals surface area contributed by atoms with E-state index in [0.29, 0.717) is 12.3 Å². The van der Waals surface area contributed by atoms with Gasteiger partial charge < -0.3 is 15.8 Å². The number of nitrogens with one attached hydrogen (secondary N) is 1. The Morgan fingerprint density at radius 3 is 2.48 bits per heavy atom. The molecule has 3 N–H and O–H groups in total. The number of para-hydroxylation sites is 2. The Hall–Kier alpha value is -2.47. The van der Waals surface area contributed by atoms with Crippen LogP contribution in [0.1, 0.15) is 6.42 Å². The normalized spacial score (nSPS) is 10.1. The molecule has 2 aromatic rings. The number of primary amides is 1. The highest BCUT2D eigenvalue weighted by atomic mass is 32.2. The molecule has 0 saturated carbocycles. The number of benzene rings is 2. The van der Waals surface area contributed by atoms with E-state index in [2.05, 4.69) is 5.32 Å². The molecule has 0 saturated heterocycles. The van der Waals surface area contributed by atoms with Crippen LogP contribution in [0.25, 0.3) is 0 Å². The molecule has 0 aliphatic rings. The Balaban J connectivity index is 1.84. The maximum atomic E-state index is 12.0. The van der Waals surface area contributed by atoms with Gasteiger partial charge in [-0.3, -0.25) is 9.59 Å². The summed E-state index contributed by atoms with van der Waals surface area (Å²) in [6.07, 6.45) is 0.240. The van der Waals surface area contributed by atoms with E-state index < -0.39 is 5.91 Å². The zero-order chi connectivity index (χ0) is 16.5. The number of rotatable bonds is 8. The van der Waals surface area contributed by atoms with Crippen molar-refractivity contribution in [3.8, 4) is 5.75 Å². The van der Waals surface area contributed by atoms with Gasteiger partial charge in [-0.15, -0.1) is 11.8 Å². The number of nitrogens with two attached hydrogens (primary N) is 1. The van der Waals surface area contributed by atoms with Crippen molar-refractivity contribution in [3.63, 3.8) is 0 Å². The third-order valence-corrected chi connectivity index (χ3v) is 3.97. The van der Waals surface area contributed by atoms with Crippen molar-refractivity contribution in [3.05, 3.63) is 54.6 Å². The summed E-state index contributed by atoms with van der Waals surface area (Å²) in [7, 11) is 0. The summed E-state index contributed by atoms with van der Waals surface area (Å²) < 4.78 is 5.50. The highest BCUT2D eigenvalue weighted by Crippen LogP contribution is 2.26. The fourth-order valence-electron chi connectivity index (χ4n) is 1.84. The number of hydrogen-bond donors (Lipinski definition) is 2. The predicted octanol–water partition coefficient (Wildman–Crippen LogP) is 2.67. The highest BCUT2D eigenvalue weighted by molar-refractivity contribution is 8.00. The molecular formula is C17H18N2O3S. The third-order valence-electron chi connectivity index (χ3n) is 2.87. The number of hydrogen-bond acceptors (Lipinski definition) is 4. The van der Waals surface area contributed by atoms with Crippen molar-refractivity contribution in [1.29, 1.82) is 0 Å². The number of ether oxygens (including phenoxy) is 1. The first kappa shape index (κ1) is 16.9. The Morgan fingerprint density at radius 2 is 1.74 bits per heavy atom. The van der Waals surface area contributed by atoms with Crippen molar-refractivity contribution in [2.75, 3.05) is 17.7 Å². The molecule has 2 aromatic carbocycles. The topological polar surface area (TPSA) is 81.4 Å². The minimum atomic E-state index is -0.396. The summed E-state index contributed by atoms with van der Waals surface area (Å²) in [6.45, 7) is 0.298. The minimum absolute atomic E-state index is 0.145. The average Bonchev–Trinajstić information content (AvgIpc) is 2.55. The molecule has 6 heteroatoms. The summed E-state index contributed by atoms with van der Waals surface area (Å²) in [6, 6.07) is 16.6. The number of carbonyl (C=O) groups excluding carboxylic acids is 2. The Bertz CT molecular complexity index is 662. The van der Waals surface area contributed by atoms with Gasteiger partial charge in [0.1, 0.15) is 5.75 Å². The lowest BCUT2D eigenvalue weighted by molar-refractivity contribution is -0.117. The van der Waals surface area contributed by atoms with E-state index in [1.807, 2.05) is 48.5 Å². The molecule has 23 heavy (non-hydrogen) atoms. The van der Waals surface area contributed by atoms with E-state index in [9.17, 15) is 9.59 Å². The van der Waals surface area contributed by atoms with Crippen molar-refractivity contribution in [2.45, 2.75) is 11.3 Å². The van der Waals surface area contributed by atoms with Gasteiger partial charge >= 0.3 is 0 Å². The fraction of sp³-hybridized carbons (Fsp3) is 0.176. The molecular weight excluding hydrogens is 312 g/mol. The maximum Gasteiger partial charge on any atom is 0.227 e. The molecule has 5 nitrogen and oxygen atoms in total. The van der Waals surface area contributed by atoms with Crippen molar-refractivity contribution < 1.29 is 14.3 Å². The molecule has 2 rings (SSSR count). The SMILES string of the molecule is NC(=O)CSc1ccccc1NC(=O)CCOc1ccccc1. The second-order valence-electron chi connectivity index (χ2n) is 4.71. The van der Waals surface area contributed by atoms with Gasteiger partial charge in [-0.2, -0.15) is 0 Å². The monoisotopic (exact) mass is 330 g/mol. The molecule has 0 aliphatic heterocycles. The van der Waals surface area contributed by atoms with Crippen LogP contribution in [0.3, 0.4) is 0 Å². The Kier molecular flexibility index (Phi) is 6.50. The number of thioether (sulfide) groups is 1. The van der Waals surface area contributed by atoms with Crippen molar-refractivity contribution in [2.24, 2.45) is 5.73 Å². The van der Waals surface area contributed by atoms with Crippen LogP contribution in [-0.2, 0) is 9.59 Å². The zero-order valence-corrected chi connectivity index (χ0v) is 13.3. The first-order valence-corrected chi connectivity index (χ1v) is 8.11. The summed E-state index contributed by atoms with van der Waals surface area (Å²) in [4.78, 5) is 23.7. The van der Waals surface area contributed by atoms with Gasteiger partial charge in [0.25, 0.3) is 0 Å². The van der Waals surface area contributed by atoms with Gasteiger partial charge in [0.2, 0.25) is 11.8 Å². The van der Waals surface area contributed by atoms with Crippen LogP contribution in [0.2, 0.25) is 0 Å². The Labute approximate surface area is 139 Å². The van der Waals surface area contributed by atoms with Crippen LogP contribution in [0.4, 0.5) is 5.69 Å². The van der Waals surface area contributed by atoms with Gasteiger partial charge in [-0.25, -0.2) is 0 Å². The van der Waals surface area contributed by atoms with E-state index in [-0.39, 0.29) is 18.1 Å². The molecule has 2 amide bonds. The van der Waals surface area contributed by atoms with Crippen molar-refractivity contribution in [1.82, 2.24) is 0 Å². The van der Waals surface area contributed by atoms with Crippen molar-refractivity contribution >= 4 is 29.3 Å². The highest BCUT2D eigenvalue weighted by Gasteiger charge is 2.08. The van der Waals surface area contributed by atoms with E-state index >= 15 is 0 Å². The fourth-order valence-corrected chi connectivity index (χ4v) is 2.58. The maximum absolute atomic E-state index is 12.0. The summed E-state index contributed by atoms with van der Waals surface area (Å²) in [5.41, 5.74) is 5.82. The lowest BCUT2D eigenvalue weighted by Crippen LogP contribution is -2.16. The molecule has 0 heterocycles. The molecule has 0 spiro atoms. The Morgan fingerprint density at radius 1 is 1.04 bits per heavy atom. The van der Waals surface area contributed by atoms with Crippen LogP contribution < -0.4 is 15.8 Å². The first-order chi connectivity index (χ1) is 11.1. The molecule has 0 radical (unpaired) electrons. The van der Waals surface area contributed by atoms with E-state index in [4.69, 9.17) is 10.5 Å². The first-order valence-electron chi connectivity index (χ1n) is 7.13. The molecule has 120 valence electrons. The summed E-state index contributed by atoms with van der Waals surface area (Å²) in [5, 5.41) is 2.83. The van der Waals surface area contributed by atoms with Crippen LogP contribution in [0.5, 0.6) is 5.75 Å². The molecule has 0 bridgehead atoms. The van der Waals surface area contributed by atoms with Gasteiger partial charge in [0.15, 0.2) is 0 Å². The quantitative estimate of drug-likeness (QED) is 0.729. The van der Waals surface area contributed by atoms with Gasteiger partial charge in [-0.1, -0.05) is 30.3 Å². The second kappa shape index (κ2) is 8.85. The molecule has 0 fully saturated rings.